The maximum atomic E-state index is 5.91. The molecule has 0 radical (unpaired) electrons. The molecule has 1 rings (SSSR count). The first-order valence-electron chi connectivity index (χ1n) is 4.91. The van der Waals surface area contributed by atoms with Crippen LogP contribution in [-0.4, -0.2) is 13.6 Å². The molecule has 0 aliphatic heterocycles. The van der Waals surface area contributed by atoms with Gasteiger partial charge in [-0.25, -0.2) is 0 Å². The predicted molar refractivity (Wildman–Crippen MR) is 64.0 cm³/mol. The molecule has 0 bridgehead atoms. The zero-order valence-electron chi connectivity index (χ0n) is 8.76. The molecular formula is C11H17ClN2. The molecule has 0 saturated heterocycles. The zero-order chi connectivity index (χ0) is 10.6. The Labute approximate surface area is 90.7 Å². The number of hydrogen-bond acceptors (Lipinski definition) is 2. The summed E-state index contributed by atoms with van der Waals surface area (Å²) in [4.78, 5) is 2.14. The molecule has 2 nitrogen and oxygen atoms in total. The molecule has 14 heavy (non-hydrogen) atoms. The van der Waals surface area contributed by atoms with Crippen LogP contribution in [0, 0.1) is 0 Å². The molecule has 3 heteroatoms. The highest BCUT2D eigenvalue weighted by atomic mass is 35.5. The van der Waals surface area contributed by atoms with E-state index in [9.17, 15) is 0 Å². The van der Waals surface area contributed by atoms with Gasteiger partial charge >= 0.3 is 0 Å². The molecule has 1 aromatic carbocycles. The number of benzene rings is 1. The Morgan fingerprint density at radius 2 is 2.14 bits per heavy atom. The Morgan fingerprint density at radius 3 is 2.79 bits per heavy atom. The number of unbranched alkanes of at least 4 members (excludes halogenated alkanes) is 1. The van der Waals surface area contributed by atoms with Gasteiger partial charge in [0, 0.05) is 18.6 Å². The smallest absolute Gasteiger partial charge is 0.0612 e. The van der Waals surface area contributed by atoms with Gasteiger partial charge in [-0.15, -0.1) is 0 Å². The van der Waals surface area contributed by atoms with Crippen LogP contribution < -0.4 is 10.6 Å². The van der Waals surface area contributed by atoms with Gasteiger partial charge < -0.3 is 10.6 Å². The molecule has 78 valence electrons. The highest BCUT2D eigenvalue weighted by Gasteiger charge is 2.04. The van der Waals surface area contributed by atoms with Gasteiger partial charge in [-0.3, -0.25) is 0 Å². The molecule has 0 fully saturated rings. The summed E-state index contributed by atoms with van der Waals surface area (Å²) in [7, 11) is 2.04. The van der Waals surface area contributed by atoms with Gasteiger partial charge in [0.05, 0.1) is 11.4 Å². The average Bonchev–Trinajstić information content (AvgIpc) is 2.18. The first-order valence-corrected chi connectivity index (χ1v) is 5.29. The first-order chi connectivity index (χ1) is 6.65. The predicted octanol–water partition coefficient (Wildman–Crippen LogP) is 3.16. The molecule has 0 aliphatic rings. The summed E-state index contributed by atoms with van der Waals surface area (Å²) in [6.45, 7) is 3.19. The molecule has 0 unspecified atom stereocenters. The summed E-state index contributed by atoms with van der Waals surface area (Å²) in [5, 5.41) is 0.734. The van der Waals surface area contributed by atoms with E-state index in [-0.39, 0.29) is 0 Å². The van der Waals surface area contributed by atoms with Gasteiger partial charge in [0.25, 0.3) is 0 Å². The van der Waals surface area contributed by atoms with Crippen molar-refractivity contribution in [1.29, 1.82) is 0 Å². The number of hydrogen-bond donors (Lipinski definition) is 1. The Morgan fingerprint density at radius 1 is 1.43 bits per heavy atom. The lowest BCUT2D eigenvalue weighted by Crippen LogP contribution is -2.19. The lowest BCUT2D eigenvalue weighted by atomic mass is 10.2. The Hall–Kier alpha value is -0.890. The van der Waals surface area contributed by atoms with Gasteiger partial charge in [-0.2, -0.15) is 0 Å². The van der Waals surface area contributed by atoms with Gasteiger partial charge in [-0.05, 0) is 24.6 Å². The Balaban J connectivity index is 2.77. The maximum absolute atomic E-state index is 5.91. The number of anilines is 2. The second-order valence-corrected chi connectivity index (χ2v) is 3.91. The van der Waals surface area contributed by atoms with Crippen molar-refractivity contribution in [3.8, 4) is 0 Å². The summed E-state index contributed by atoms with van der Waals surface area (Å²) in [6.07, 6.45) is 2.35. The van der Waals surface area contributed by atoms with Crippen molar-refractivity contribution in [3.63, 3.8) is 0 Å². The third-order valence-electron chi connectivity index (χ3n) is 2.25. The van der Waals surface area contributed by atoms with Gasteiger partial charge in [0.1, 0.15) is 0 Å². The van der Waals surface area contributed by atoms with Crippen molar-refractivity contribution in [2.75, 3.05) is 24.2 Å². The third kappa shape index (κ3) is 2.81. The van der Waals surface area contributed by atoms with Gasteiger partial charge in [-0.1, -0.05) is 24.9 Å². The number of halogens is 1. The number of nitrogen functional groups attached to an aromatic ring is 1. The van der Waals surface area contributed by atoms with E-state index in [2.05, 4.69) is 11.8 Å². The summed E-state index contributed by atoms with van der Waals surface area (Å²) in [5.74, 6) is 0. The van der Waals surface area contributed by atoms with Crippen LogP contribution in [0.5, 0.6) is 0 Å². The third-order valence-corrected chi connectivity index (χ3v) is 2.49. The Bertz CT molecular complexity index is 299. The van der Waals surface area contributed by atoms with Crippen molar-refractivity contribution >= 4 is 23.0 Å². The van der Waals surface area contributed by atoms with Crippen LogP contribution in [0.1, 0.15) is 19.8 Å². The van der Waals surface area contributed by atoms with E-state index in [0.29, 0.717) is 0 Å². The van der Waals surface area contributed by atoms with Crippen molar-refractivity contribution in [1.82, 2.24) is 0 Å². The van der Waals surface area contributed by atoms with E-state index in [1.54, 1.807) is 0 Å². The Kier molecular flexibility index (Phi) is 4.08. The second-order valence-electron chi connectivity index (χ2n) is 3.48. The fourth-order valence-corrected chi connectivity index (χ4v) is 1.53. The SMILES string of the molecule is CCCCN(C)c1cc(Cl)ccc1N. The molecule has 1 aromatic rings. The quantitative estimate of drug-likeness (QED) is 0.777. The molecule has 0 saturated carbocycles. The van der Waals surface area contributed by atoms with Crippen molar-refractivity contribution in [2.45, 2.75) is 19.8 Å². The van der Waals surface area contributed by atoms with Crippen LogP contribution in [-0.2, 0) is 0 Å². The largest absolute Gasteiger partial charge is 0.397 e. The molecule has 2 N–H and O–H groups in total. The van der Waals surface area contributed by atoms with E-state index in [1.807, 2.05) is 25.2 Å². The van der Waals surface area contributed by atoms with Crippen LogP contribution in [0.3, 0.4) is 0 Å². The normalized spacial score (nSPS) is 10.2. The second kappa shape index (κ2) is 5.11. The standard InChI is InChI=1S/C11H17ClN2/c1-3-4-7-14(2)11-8-9(12)5-6-10(11)13/h5-6,8H,3-4,7,13H2,1-2H3. The van der Waals surface area contributed by atoms with Crippen molar-refractivity contribution < 1.29 is 0 Å². The van der Waals surface area contributed by atoms with Crippen molar-refractivity contribution in [3.05, 3.63) is 23.2 Å². The van der Waals surface area contributed by atoms with Crippen LogP contribution >= 0.6 is 11.6 Å². The highest BCUT2D eigenvalue weighted by Crippen LogP contribution is 2.26. The lowest BCUT2D eigenvalue weighted by molar-refractivity contribution is 0.767. The minimum Gasteiger partial charge on any atom is -0.397 e. The molecule has 0 spiro atoms. The number of nitrogens with zero attached hydrogens (tertiary/aromatic N) is 1. The van der Waals surface area contributed by atoms with Crippen LogP contribution in [0.4, 0.5) is 11.4 Å². The average molecular weight is 213 g/mol. The lowest BCUT2D eigenvalue weighted by Gasteiger charge is -2.20. The fraction of sp³-hybridized carbons (Fsp3) is 0.455. The topological polar surface area (TPSA) is 29.3 Å². The fourth-order valence-electron chi connectivity index (χ4n) is 1.36. The summed E-state index contributed by atoms with van der Waals surface area (Å²) >= 11 is 5.91. The molecule has 0 aliphatic carbocycles. The molecule has 0 heterocycles. The van der Waals surface area contributed by atoms with Crippen LogP contribution in [0.2, 0.25) is 5.02 Å². The number of nitrogens with two attached hydrogens (primary N) is 1. The van der Waals surface area contributed by atoms with Crippen LogP contribution in [0.25, 0.3) is 0 Å². The van der Waals surface area contributed by atoms with Gasteiger partial charge in [0.15, 0.2) is 0 Å². The van der Waals surface area contributed by atoms with Gasteiger partial charge in [0.2, 0.25) is 0 Å². The zero-order valence-corrected chi connectivity index (χ0v) is 9.51. The minimum absolute atomic E-state index is 0.734. The van der Waals surface area contributed by atoms with E-state index in [0.717, 1.165) is 22.9 Å². The first kappa shape index (κ1) is 11.2. The minimum atomic E-state index is 0.734. The summed E-state index contributed by atoms with van der Waals surface area (Å²) in [5.41, 5.74) is 7.67. The number of rotatable bonds is 4. The summed E-state index contributed by atoms with van der Waals surface area (Å²) < 4.78 is 0. The van der Waals surface area contributed by atoms with Crippen LogP contribution in [0.15, 0.2) is 18.2 Å². The molecule has 0 atom stereocenters. The summed E-state index contributed by atoms with van der Waals surface area (Å²) in [6, 6.07) is 5.57. The molecule has 0 aromatic heterocycles. The van der Waals surface area contributed by atoms with E-state index in [4.69, 9.17) is 17.3 Å². The monoisotopic (exact) mass is 212 g/mol. The molecule has 0 amide bonds. The molecular weight excluding hydrogens is 196 g/mol. The maximum Gasteiger partial charge on any atom is 0.0612 e. The van der Waals surface area contributed by atoms with Crippen molar-refractivity contribution in [2.24, 2.45) is 0 Å². The van der Waals surface area contributed by atoms with E-state index in [1.165, 1.54) is 12.8 Å². The van der Waals surface area contributed by atoms with E-state index >= 15 is 0 Å². The van der Waals surface area contributed by atoms with E-state index < -0.39 is 0 Å². The highest BCUT2D eigenvalue weighted by molar-refractivity contribution is 6.31.